The van der Waals surface area contributed by atoms with Crippen molar-refractivity contribution in [3.63, 3.8) is 0 Å². The summed E-state index contributed by atoms with van der Waals surface area (Å²) < 4.78 is 5.50. The van der Waals surface area contributed by atoms with Gasteiger partial charge in [-0.2, -0.15) is 0 Å². The van der Waals surface area contributed by atoms with Crippen molar-refractivity contribution >= 4 is 11.6 Å². The summed E-state index contributed by atoms with van der Waals surface area (Å²) in [6, 6.07) is 7.75. The van der Waals surface area contributed by atoms with Crippen LogP contribution in [0.5, 0.6) is 0 Å². The van der Waals surface area contributed by atoms with Gasteiger partial charge in [-0.25, -0.2) is 0 Å². The minimum Gasteiger partial charge on any atom is -0.399 e. The molecule has 1 atom stereocenters. The molecule has 0 aromatic heterocycles. The van der Waals surface area contributed by atoms with Crippen LogP contribution >= 0.6 is 0 Å². The highest BCUT2D eigenvalue weighted by Crippen LogP contribution is 2.16. The average molecular weight is 262 g/mol. The van der Waals surface area contributed by atoms with Crippen LogP contribution in [0.4, 0.5) is 5.69 Å². The first-order valence-electron chi connectivity index (χ1n) is 6.97. The van der Waals surface area contributed by atoms with Crippen LogP contribution < -0.4 is 11.1 Å². The van der Waals surface area contributed by atoms with Gasteiger partial charge in [-0.15, -0.1) is 0 Å². The maximum absolute atomic E-state index is 11.7. The van der Waals surface area contributed by atoms with Gasteiger partial charge in [0.1, 0.15) is 0 Å². The number of rotatable bonds is 6. The third kappa shape index (κ3) is 4.91. The van der Waals surface area contributed by atoms with Gasteiger partial charge in [0.2, 0.25) is 5.91 Å². The Labute approximate surface area is 114 Å². The van der Waals surface area contributed by atoms with Crippen molar-refractivity contribution in [1.82, 2.24) is 5.32 Å². The molecule has 4 nitrogen and oxygen atoms in total. The van der Waals surface area contributed by atoms with Crippen LogP contribution in [0.2, 0.25) is 0 Å². The molecule has 3 N–H and O–H groups in total. The van der Waals surface area contributed by atoms with Gasteiger partial charge in [0.25, 0.3) is 0 Å². The van der Waals surface area contributed by atoms with Gasteiger partial charge < -0.3 is 15.8 Å². The first kappa shape index (κ1) is 13.9. The van der Waals surface area contributed by atoms with E-state index in [1.807, 2.05) is 24.3 Å². The van der Waals surface area contributed by atoms with Gasteiger partial charge in [0.15, 0.2) is 0 Å². The fraction of sp³-hybridized carbons (Fsp3) is 0.533. The van der Waals surface area contributed by atoms with Crippen molar-refractivity contribution in [2.24, 2.45) is 0 Å². The first-order chi connectivity index (χ1) is 9.24. The maximum atomic E-state index is 11.7. The lowest BCUT2D eigenvalue weighted by molar-refractivity contribution is -0.121. The quantitative estimate of drug-likeness (QED) is 0.769. The van der Waals surface area contributed by atoms with E-state index >= 15 is 0 Å². The summed E-state index contributed by atoms with van der Waals surface area (Å²) >= 11 is 0. The lowest BCUT2D eigenvalue weighted by Gasteiger charge is -2.09. The molecule has 1 aliphatic heterocycles. The number of benzene rings is 1. The van der Waals surface area contributed by atoms with Gasteiger partial charge in [0, 0.05) is 25.3 Å². The smallest absolute Gasteiger partial charge is 0.220 e. The number of hydrogen-bond donors (Lipinski definition) is 2. The number of carbonyl (C=O) groups excluding carboxylic acids is 1. The predicted molar refractivity (Wildman–Crippen MR) is 75.8 cm³/mol. The van der Waals surface area contributed by atoms with Gasteiger partial charge in [-0.3, -0.25) is 4.79 Å². The second kappa shape index (κ2) is 7.14. The number of ether oxygens (including phenoxy) is 1. The lowest BCUT2D eigenvalue weighted by Crippen LogP contribution is -2.26. The van der Waals surface area contributed by atoms with Crippen LogP contribution in [-0.4, -0.2) is 25.2 Å². The zero-order valence-electron chi connectivity index (χ0n) is 11.2. The number of nitrogens with one attached hydrogen (secondary N) is 1. The Bertz CT molecular complexity index is 397. The standard InChI is InChI=1S/C15H22N2O2/c16-13-5-3-12(4-6-13)9-10-17-15(18)8-7-14-2-1-11-19-14/h3-6,14H,1-2,7-11,16H2,(H,17,18). The average Bonchev–Trinajstić information content (AvgIpc) is 2.92. The number of hydrogen-bond acceptors (Lipinski definition) is 3. The van der Waals surface area contributed by atoms with Crippen molar-refractivity contribution in [3.05, 3.63) is 29.8 Å². The summed E-state index contributed by atoms with van der Waals surface area (Å²) in [5.74, 6) is 0.117. The van der Waals surface area contributed by atoms with Crippen LogP contribution in [0.25, 0.3) is 0 Å². The number of carbonyl (C=O) groups is 1. The van der Waals surface area contributed by atoms with E-state index in [9.17, 15) is 4.79 Å². The molecule has 19 heavy (non-hydrogen) atoms. The Morgan fingerprint density at radius 1 is 1.37 bits per heavy atom. The van der Waals surface area contributed by atoms with E-state index in [1.165, 1.54) is 5.56 Å². The second-order valence-electron chi connectivity index (χ2n) is 5.02. The van der Waals surface area contributed by atoms with E-state index in [0.29, 0.717) is 19.1 Å². The normalized spacial score (nSPS) is 18.4. The van der Waals surface area contributed by atoms with E-state index in [1.54, 1.807) is 0 Å². The molecule has 0 bridgehead atoms. The summed E-state index contributed by atoms with van der Waals surface area (Å²) in [6.07, 6.45) is 4.76. The molecule has 1 fully saturated rings. The highest BCUT2D eigenvalue weighted by molar-refractivity contribution is 5.75. The van der Waals surface area contributed by atoms with Crippen LogP contribution in [0, 0.1) is 0 Å². The largest absolute Gasteiger partial charge is 0.399 e. The third-order valence-electron chi connectivity index (χ3n) is 3.43. The Hall–Kier alpha value is -1.55. The molecule has 0 aliphatic carbocycles. The Balaban J connectivity index is 1.59. The molecule has 1 aromatic rings. The van der Waals surface area contributed by atoms with Gasteiger partial charge in [-0.05, 0) is 43.4 Å². The number of nitrogens with two attached hydrogens (primary N) is 1. The maximum Gasteiger partial charge on any atom is 0.220 e. The molecule has 4 heteroatoms. The second-order valence-corrected chi connectivity index (χ2v) is 5.02. The SMILES string of the molecule is Nc1ccc(CCNC(=O)CCC2CCCO2)cc1. The van der Waals surface area contributed by atoms with Crippen molar-refractivity contribution in [2.45, 2.75) is 38.2 Å². The van der Waals surface area contributed by atoms with Crippen LogP contribution in [-0.2, 0) is 16.0 Å². The predicted octanol–water partition coefficient (Wildman–Crippen LogP) is 1.89. The monoisotopic (exact) mass is 262 g/mol. The molecule has 1 amide bonds. The Morgan fingerprint density at radius 2 is 2.16 bits per heavy atom. The number of anilines is 1. The van der Waals surface area contributed by atoms with Crippen molar-refractivity contribution in [3.8, 4) is 0 Å². The minimum absolute atomic E-state index is 0.117. The number of amides is 1. The zero-order valence-corrected chi connectivity index (χ0v) is 11.2. The molecule has 104 valence electrons. The van der Waals surface area contributed by atoms with E-state index < -0.39 is 0 Å². The van der Waals surface area contributed by atoms with Crippen molar-refractivity contribution < 1.29 is 9.53 Å². The molecule has 1 heterocycles. The van der Waals surface area contributed by atoms with Gasteiger partial charge in [-0.1, -0.05) is 12.1 Å². The first-order valence-corrected chi connectivity index (χ1v) is 6.97. The topological polar surface area (TPSA) is 64.3 Å². The fourth-order valence-corrected chi connectivity index (χ4v) is 2.28. The molecule has 0 saturated carbocycles. The third-order valence-corrected chi connectivity index (χ3v) is 3.43. The zero-order chi connectivity index (χ0) is 13.5. The molecule has 1 saturated heterocycles. The molecule has 2 rings (SSSR count). The molecule has 0 spiro atoms. The minimum atomic E-state index is 0.117. The Morgan fingerprint density at radius 3 is 2.84 bits per heavy atom. The van der Waals surface area contributed by atoms with E-state index in [2.05, 4.69) is 5.32 Å². The van der Waals surface area contributed by atoms with Gasteiger partial charge >= 0.3 is 0 Å². The number of nitrogen functional groups attached to an aromatic ring is 1. The summed E-state index contributed by atoms with van der Waals surface area (Å²) in [6.45, 7) is 1.53. The molecular formula is C15H22N2O2. The van der Waals surface area contributed by atoms with Crippen molar-refractivity contribution in [2.75, 3.05) is 18.9 Å². The molecule has 1 unspecified atom stereocenters. The fourth-order valence-electron chi connectivity index (χ4n) is 2.28. The highest BCUT2D eigenvalue weighted by atomic mass is 16.5. The van der Waals surface area contributed by atoms with E-state index in [4.69, 9.17) is 10.5 Å². The molecule has 1 aliphatic rings. The van der Waals surface area contributed by atoms with Crippen LogP contribution in [0.1, 0.15) is 31.2 Å². The highest BCUT2D eigenvalue weighted by Gasteiger charge is 2.16. The lowest BCUT2D eigenvalue weighted by atomic mass is 10.1. The van der Waals surface area contributed by atoms with E-state index in [0.717, 1.165) is 38.0 Å². The molecule has 0 radical (unpaired) electrons. The van der Waals surface area contributed by atoms with Crippen LogP contribution in [0.3, 0.4) is 0 Å². The van der Waals surface area contributed by atoms with Gasteiger partial charge in [0.05, 0.1) is 6.10 Å². The van der Waals surface area contributed by atoms with Crippen molar-refractivity contribution in [1.29, 1.82) is 0 Å². The summed E-state index contributed by atoms with van der Waals surface area (Å²) in [5, 5.41) is 2.94. The summed E-state index contributed by atoms with van der Waals surface area (Å²) in [7, 11) is 0. The molecular weight excluding hydrogens is 240 g/mol. The summed E-state index contributed by atoms with van der Waals surface area (Å²) in [4.78, 5) is 11.7. The van der Waals surface area contributed by atoms with Crippen LogP contribution in [0.15, 0.2) is 24.3 Å². The molecule has 1 aromatic carbocycles. The summed E-state index contributed by atoms with van der Waals surface area (Å²) in [5.41, 5.74) is 7.58. The van der Waals surface area contributed by atoms with E-state index in [-0.39, 0.29) is 5.91 Å². The Kier molecular flexibility index (Phi) is 5.21.